The monoisotopic (exact) mass is 376 g/mol. The van der Waals surface area contributed by atoms with Crippen LogP contribution in [0.1, 0.15) is 18.1 Å². The molecule has 28 heavy (non-hydrogen) atoms. The van der Waals surface area contributed by atoms with Crippen molar-refractivity contribution in [3.05, 3.63) is 59.7 Å². The van der Waals surface area contributed by atoms with Gasteiger partial charge in [-0.1, -0.05) is 24.3 Å². The topological polar surface area (TPSA) is 59.6 Å². The van der Waals surface area contributed by atoms with Crippen LogP contribution in [0.25, 0.3) is 10.8 Å². The Morgan fingerprint density at radius 3 is 2.32 bits per heavy atom. The largest absolute Gasteiger partial charge is 0.497 e. The number of nitrogens with one attached hydrogen (secondary N) is 2. The van der Waals surface area contributed by atoms with E-state index in [-0.39, 0.29) is 5.91 Å². The van der Waals surface area contributed by atoms with Gasteiger partial charge in [-0.3, -0.25) is 4.79 Å². The molecule has 1 unspecified atom stereocenters. The fourth-order valence-electron chi connectivity index (χ4n) is 3.80. The maximum atomic E-state index is 12.7. The Balaban J connectivity index is 1.54. The van der Waals surface area contributed by atoms with Gasteiger partial charge in [0.25, 0.3) is 0 Å². The van der Waals surface area contributed by atoms with Crippen LogP contribution < -0.4 is 20.1 Å². The number of benzene rings is 3. The summed E-state index contributed by atoms with van der Waals surface area (Å²) in [5, 5.41) is 8.81. The van der Waals surface area contributed by atoms with Crippen molar-refractivity contribution in [1.29, 1.82) is 0 Å². The van der Waals surface area contributed by atoms with Crippen molar-refractivity contribution < 1.29 is 14.3 Å². The van der Waals surface area contributed by atoms with Crippen LogP contribution in [-0.2, 0) is 17.6 Å². The van der Waals surface area contributed by atoms with E-state index in [9.17, 15) is 4.79 Å². The van der Waals surface area contributed by atoms with Gasteiger partial charge < -0.3 is 20.1 Å². The standard InChI is InChI=1S/C23H24N2O3/c1-14(23(26)25-17-11-18(27-2)13-19(12-17)28-3)24-21-10-9-16-8-7-15-5-4-6-20(21)22(15)16/h4-6,9-14,24H,7-8H2,1-3H3,(H,25,26). The first kappa shape index (κ1) is 18.2. The van der Waals surface area contributed by atoms with Crippen LogP contribution in [0.15, 0.2) is 48.5 Å². The molecule has 0 aliphatic heterocycles. The minimum absolute atomic E-state index is 0.126. The highest BCUT2D eigenvalue weighted by Gasteiger charge is 2.19. The molecule has 5 heteroatoms. The predicted molar refractivity (Wildman–Crippen MR) is 113 cm³/mol. The minimum Gasteiger partial charge on any atom is -0.497 e. The van der Waals surface area contributed by atoms with E-state index in [2.05, 4.69) is 41.0 Å². The lowest BCUT2D eigenvalue weighted by Gasteiger charge is -2.18. The van der Waals surface area contributed by atoms with Crippen LogP contribution in [0.3, 0.4) is 0 Å². The number of ether oxygens (including phenoxy) is 2. The fourth-order valence-corrected chi connectivity index (χ4v) is 3.80. The van der Waals surface area contributed by atoms with Gasteiger partial charge in [-0.2, -0.15) is 0 Å². The number of aryl methyl sites for hydroxylation is 2. The van der Waals surface area contributed by atoms with Crippen molar-refractivity contribution in [2.24, 2.45) is 0 Å². The Hall–Kier alpha value is -3.21. The summed E-state index contributed by atoms with van der Waals surface area (Å²) >= 11 is 0. The Labute approximate surface area is 164 Å². The van der Waals surface area contributed by atoms with Crippen LogP contribution >= 0.6 is 0 Å². The van der Waals surface area contributed by atoms with Gasteiger partial charge >= 0.3 is 0 Å². The third-order valence-corrected chi connectivity index (χ3v) is 5.26. The van der Waals surface area contributed by atoms with E-state index in [1.807, 2.05) is 6.92 Å². The molecule has 0 spiro atoms. The Kier molecular flexibility index (Phi) is 4.82. The average Bonchev–Trinajstić information content (AvgIpc) is 3.14. The van der Waals surface area contributed by atoms with Gasteiger partial charge in [0.15, 0.2) is 0 Å². The Morgan fingerprint density at radius 2 is 1.64 bits per heavy atom. The molecule has 1 atom stereocenters. The number of hydrogen-bond acceptors (Lipinski definition) is 4. The molecule has 0 fully saturated rings. The quantitative estimate of drug-likeness (QED) is 0.670. The van der Waals surface area contributed by atoms with E-state index in [1.54, 1.807) is 32.4 Å². The van der Waals surface area contributed by atoms with Gasteiger partial charge in [-0.25, -0.2) is 0 Å². The summed E-state index contributed by atoms with van der Waals surface area (Å²) in [5.41, 5.74) is 4.39. The summed E-state index contributed by atoms with van der Waals surface area (Å²) in [4.78, 5) is 12.7. The van der Waals surface area contributed by atoms with Crippen LogP contribution in [0, 0.1) is 0 Å². The lowest BCUT2D eigenvalue weighted by molar-refractivity contribution is -0.116. The fraction of sp³-hybridized carbons (Fsp3) is 0.261. The van der Waals surface area contributed by atoms with E-state index in [0.29, 0.717) is 17.2 Å². The normalized spacial score (nSPS) is 13.2. The SMILES string of the molecule is COc1cc(NC(=O)C(C)Nc2ccc3c4c(cccc24)CC3)cc(OC)c1. The number of rotatable bonds is 6. The predicted octanol–water partition coefficient (Wildman–Crippen LogP) is 4.39. The molecule has 0 bridgehead atoms. The summed E-state index contributed by atoms with van der Waals surface area (Å²) in [5.74, 6) is 1.13. The van der Waals surface area contributed by atoms with E-state index in [4.69, 9.17) is 9.47 Å². The molecule has 5 nitrogen and oxygen atoms in total. The van der Waals surface area contributed by atoms with Crippen molar-refractivity contribution in [2.45, 2.75) is 25.8 Å². The van der Waals surface area contributed by atoms with Crippen molar-refractivity contribution >= 4 is 28.1 Å². The van der Waals surface area contributed by atoms with Gasteiger partial charge in [0.1, 0.15) is 17.5 Å². The second-order valence-electron chi connectivity index (χ2n) is 7.07. The molecular weight excluding hydrogens is 352 g/mol. The van der Waals surface area contributed by atoms with Crippen molar-refractivity contribution in [1.82, 2.24) is 0 Å². The first-order valence-corrected chi connectivity index (χ1v) is 9.43. The van der Waals surface area contributed by atoms with Gasteiger partial charge in [0.05, 0.1) is 14.2 Å². The zero-order valence-corrected chi connectivity index (χ0v) is 16.3. The number of anilines is 2. The number of carbonyl (C=O) groups is 1. The van der Waals surface area contributed by atoms with E-state index in [1.165, 1.54) is 21.9 Å². The summed E-state index contributed by atoms with van der Waals surface area (Å²) in [6.07, 6.45) is 2.17. The van der Waals surface area contributed by atoms with E-state index >= 15 is 0 Å². The smallest absolute Gasteiger partial charge is 0.246 e. The highest BCUT2D eigenvalue weighted by Crippen LogP contribution is 2.35. The summed E-state index contributed by atoms with van der Waals surface area (Å²) < 4.78 is 10.5. The average molecular weight is 376 g/mol. The van der Waals surface area contributed by atoms with Gasteiger partial charge in [0, 0.05) is 35.0 Å². The highest BCUT2D eigenvalue weighted by molar-refractivity contribution is 6.02. The van der Waals surface area contributed by atoms with Gasteiger partial charge in [-0.05, 0) is 42.3 Å². The number of amides is 1. The molecule has 1 aliphatic carbocycles. The van der Waals surface area contributed by atoms with Crippen LogP contribution in [0.2, 0.25) is 0 Å². The molecule has 4 rings (SSSR count). The molecule has 3 aromatic rings. The summed E-state index contributed by atoms with van der Waals surface area (Å²) in [6, 6.07) is 15.5. The molecular formula is C23H24N2O3. The molecule has 144 valence electrons. The zero-order chi connectivity index (χ0) is 19.7. The van der Waals surface area contributed by atoms with Gasteiger partial charge in [0.2, 0.25) is 5.91 Å². The Morgan fingerprint density at radius 1 is 0.964 bits per heavy atom. The van der Waals surface area contributed by atoms with Crippen molar-refractivity contribution in [2.75, 3.05) is 24.9 Å². The third kappa shape index (κ3) is 3.36. The molecule has 1 amide bonds. The number of hydrogen-bond donors (Lipinski definition) is 2. The van der Waals surface area contributed by atoms with E-state index in [0.717, 1.165) is 18.5 Å². The molecule has 0 saturated heterocycles. The maximum absolute atomic E-state index is 12.7. The first-order chi connectivity index (χ1) is 13.6. The maximum Gasteiger partial charge on any atom is 0.246 e. The van der Waals surface area contributed by atoms with Crippen molar-refractivity contribution in [3.63, 3.8) is 0 Å². The van der Waals surface area contributed by atoms with Gasteiger partial charge in [-0.15, -0.1) is 0 Å². The first-order valence-electron chi connectivity index (χ1n) is 9.43. The molecule has 2 N–H and O–H groups in total. The molecule has 0 saturated carbocycles. The van der Waals surface area contributed by atoms with Crippen LogP contribution in [0.5, 0.6) is 11.5 Å². The lowest BCUT2D eigenvalue weighted by Crippen LogP contribution is -2.32. The summed E-state index contributed by atoms with van der Waals surface area (Å²) in [6.45, 7) is 1.86. The highest BCUT2D eigenvalue weighted by atomic mass is 16.5. The van der Waals surface area contributed by atoms with Crippen LogP contribution in [0.4, 0.5) is 11.4 Å². The van der Waals surface area contributed by atoms with Crippen LogP contribution in [-0.4, -0.2) is 26.2 Å². The molecule has 0 heterocycles. The molecule has 0 aromatic heterocycles. The molecule has 3 aromatic carbocycles. The molecule has 1 aliphatic rings. The number of methoxy groups -OCH3 is 2. The molecule has 0 radical (unpaired) electrons. The summed E-state index contributed by atoms with van der Waals surface area (Å²) in [7, 11) is 3.17. The Bertz CT molecular complexity index is 1010. The van der Waals surface area contributed by atoms with E-state index < -0.39 is 6.04 Å². The minimum atomic E-state index is -0.407. The third-order valence-electron chi connectivity index (χ3n) is 5.26. The van der Waals surface area contributed by atoms with Crippen molar-refractivity contribution in [3.8, 4) is 11.5 Å². The second kappa shape index (κ2) is 7.43. The lowest BCUT2D eigenvalue weighted by atomic mass is 10.0. The number of carbonyl (C=O) groups excluding carboxylic acids is 1. The second-order valence-corrected chi connectivity index (χ2v) is 7.07. The zero-order valence-electron chi connectivity index (χ0n) is 16.3.